The Labute approximate surface area is 370 Å². The first-order valence-electron chi connectivity index (χ1n) is 21.6. The van der Waals surface area contributed by atoms with Crippen molar-refractivity contribution in [3.05, 3.63) is 83.2 Å². The zero-order valence-corrected chi connectivity index (χ0v) is 37.0. The minimum Gasteiger partial charge on any atom is -0.406 e. The molecule has 0 amide bonds. The van der Waals surface area contributed by atoms with E-state index in [1.807, 2.05) is 51.8 Å². The molecule has 0 aliphatic heterocycles. The summed E-state index contributed by atoms with van der Waals surface area (Å²) < 4.78 is 86.9. The highest BCUT2D eigenvalue weighted by atomic mass is 19.4. The first-order chi connectivity index (χ1) is 30.3. The van der Waals surface area contributed by atoms with Crippen molar-refractivity contribution >= 4 is 29.3 Å². The van der Waals surface area contributed by atoms with Crippen molar-refractivity contribution in [3.8, 4) is 11.5 Å². The molecule has 0 spiro atoms. The van der Waals surface area contributed by atoms with Gasteiger partial charge in [-0.2, -0.15) is 9.97 Å². The van der Waals surface area contributed by atoms with Gasteiger partial charge in [0.1, 0.15) is 28.9 Å². The third kappa shape index (κ3) is 13.8. The molecule has 2 aliphatic rings. The second kappa shape index (κ2) is 21.0. The van der Waals surface area contributed by atoms with Crippen LogP contribution in [0.4, 0.5) is 49.9 Å². The van der Waals surface area contributed by atoms with E-state index in [2.05, 4.69) is 50.7 Å². The third-order valence-corrected chi connectivity index (χ3v) is 11.8. The van der Waals surface area contributed by atoms with E-state index in [1.165, 1.54) is 48.5 Å². The van der Waals surface area contributed by atoms with Gasteiger partial charge in [-0.1, -0.05) is 24.3 Å². The monoisotopic (exact) mass is 900 g/mol. The molecular weight excluding hydrogens is 843 g/mol. The summed E-state index contributed by atoms with van der Waals surface area (Å²) in [6.07, 6.45) is 0.110. The van der Waals surface area contributed by atoms with Gasteiger partial charge in [0.15, 0.2) is 0 Å². The van der Waals surface area contributed by atoms with Crippen molar-refractivity contribution in [3.63, 3.8) is 0 Å². The molecule has 2 unspecified atom stereocenters. The number of rotatable bonds is 18. The molecule has 6 rings (SSSR count). The normalized spacial score (nSPS) is 20.2. The van der Waals surface area contributed by atoms with Crippen LogP contribution in [0.2, 0.25) is 0 Å². The molecule has 2 aromatic carbocycles. The van der Waals surface area contributed by atoms with E-state index in [-0.39, 0.29) is 43.0 Å². The molecule has 0 radical (unpaired) electrons. The lowest BCUT2D eigenvalue weighted by atomic mass is 9.82. The zero-order valence-electron chi connectivity index (χ0n) is 37.0. The Balaban J connectivity index is 1.17. The molecule has 4 N–H and O–H groups in total. The zero-order chi connectivity index (χ0) is 46.2. The van der Waals surface area contributed by atoms with Crippen LogP contribution in [0.3, 0.4) is 0 Å². The van der Waals surface area contributed by atoms with Crippen LogP contribution in [0.1, 0.15) is 85.5 Å². The molecule has 2 aromatic heterocycles. The number of carbonyl (C=O) groups excluding carboxylic acids is 1. The maximum atomic E-state index is 15.0. The van der Waals surface area contributed by atoms with E-state index in [0.717, 1.165) is 74.1 Å². The summed E-state index contributed by atoms with van der Waals surface area (Å²) >= 11 is 0. The van der Waals surface area contributed by atoms with Crippen LogP contribution >= 0.6 is 0 Å². The summed E-state index contributed by atoms with van der Waals surface area (Å²) in [5.41, 5.74) is 2.87. The number of aromatic nitrogens is 4. The van der Waals surface area contributed by atoms with Crippen LogP contribution < -0.4 is 40.5 Å². The van der Waals surface area contributed by atoms with Gasteiger partial charge in [0.05, 0.1) is 11.8 Å². The molecule has 19 heteroatoms. The highest BCUT2D eigenvalue weighted by Crippen LogP contribution is 2.33. The van der Waals surface area contributed by atoms with Gasteiger partial charge in [-0.3, -0.25) is 4.79 Å². The average molecular weight is 901 g/mol. The van der Waals surface area contributed by atoms with Crippen molar-refractivity contribution in [1.29, 1.82) is 0 Å². The number of ether oxygens (including phenoxy) is 2. The number of alkyl halides is 6. The van der Waals surface area contributed by atoms with Crippen molar-refractivity contribution in [2.24, 2.45) is 0 Å². The van der Waals surface area contributed by atoms with Gasteiger partial charge in [0.25, 0.3) is 0 Å². The van der Waals surface area contributed by atoms with E-state index in [9.17, 15) is 31.1 Å². The third-order valence-electron chi connectivity index (χ3n) is 11.8. The number of hydrogen-bond donors (Lipinski definition) is 4. The number of hydrogen-bond acceptors (Lipinski definition) is 13. The molecule has 348 valence electrons. The second-order valence-corrected chi connectivity index (χ2v) is 17.1. The first kappa shape index (κ1) is 48.0. The van der Waals surface area contributed by atoms with E-state index in [4.69, 9.17) is 0 Å². The van der Waals surface area contributed by atoms with Gasteiger partial charge >= 0.3 is 12.7 Å². The van der Waals surface area contributed by atoms with Gasteiger partial charge in [-0.05, 0) is 101 Å². The predicted molar refractivity (Wildman–Crippen MR) is 234 cm³/mol. The largest absolute Gasteiger partial charge is 0.573 e. The average Bonchev–Trinajstić information content (AvgIpc) is 3.23. The Kier molecular flexibility index (Phi) is 15.8. The lowest BCUT2D eigenvalue weighted by Gasteiger charge is -2.33. The fourth-order valence-corrected chi connectivity index (χ4v) is 8.54. The number of nitrogens with zero attached hydrogens (tertiary/aromatic N) is 6. The van der Waals surface area contributed by atoms with Crippen molar-refractivity contribution in [2.45, 2.75) is 114 Å². The minimum absolute atomic E-state index is 0.0383. The van der Waals surface area contributed by atoms with Crippen LogP contribution in [0.5, 0.6) is 11.5 Å². The molecule has 2 atom stereocenters. The molecule has 2 saturated carbocycles. The lowest BCUT2D eigenvalue weighted by molar-refractivity contribution is -0.275. The summed E-state index contributed by atoms with van der Waals surface area (Å²) in [6, 6.07) is 10.9. The Morgan fingerprint density at radius 2 is 0.922 bits per heavy atom. The fraction of sp³-hybridized carbons (Fsp3) is 0.533. The highest BCUT2D eigenvalue weighted by molar-refractivity contribution is 5.92. The summed E-state index contributed by atoms with van der Waals surface area (Å²) in [5, 5.41) is 14.0. The Hall–Kier alpha value is -5.43. The van der Waals surface area contributed by atoms with Crippen LogP contribution in [0.25, 0.3) is 0 Å². The summed E-state index contributed by atoms with van der Waals surface area (Å²) in [5.74, 6) is -0.0108. The fourth-order valence-electron chi connectivity index (χ4n) is 8.54. The number of halogens is 6. The lowest BCUT2D eigenvalue weighted by Crippen LogP contribution is -2.43. The van der Waals surface area contributed by atoms with Crippen LogP contribution in [0, 0.1) is 13.8 Å². The quantitative estimate of drug-likeness (QED) is 0.0713. The SMILES string of the molecule is Cc1cnc(NC2CCC(NCC(C(=O)C(CNC3CCC(Nc4ncc(C)c(N(C)C)n4)CC3)c3ccc(OC(F)(F)F)cc3)c3ccc(OC(F)(F)F)cc3)CC2)nc1N(C)C. The number of aryl methyl sites for hydroxylation is 2. The highest BCUT2D eigenvalue weighted by Gasteiger charge is 2.35. The molecule has 0 saturated heterocycles. The summed E-state index contributed by atoms with van der Waals surface area (Å²) in [7, 11) is 7.70. The number of ketones is 1. The number of benzene rings is 2. The van der Waals surface area contributed by atoms with Crippen LogP contribution in [-0.4, -0.2) is 104 Å². The van der Waals surface area contributed by atoms with Crippen molar-refractivity contribution < 1.29 is 40.6 Å². The van der Waals surface area contributed by atoms with Crippen LogP contribution in [0.15, 0.2) is 60.9 Å². The molecule has 2 heterocycles. The molecule has 13 nitrogen and oxygen atoms in total. The molecule has 64 heavy (non-hydrogen) atoms. The van der Waals surface area contributed by atoms with E-state index in [1.54, 1.807) is 12.4 Å². The van der Waals surface area contributed by atoms with Gasteiger partial charge in [-0.25, -0.2) is 9.97 Å². The Bertz CT molecular complexity index is 1970. The maximum Gasteiger partial charge on any atom is 0.573 e. The maximum absolute atomic E-state index is 15.0. The van der Waals surface area contributed by atoms with E-state index in [0.29, 0.717) is 23.0 Å². The molecule has 4 aromatic rings. The van der Waals surface area contributed by atoms with Gasteiger partial charge in [0, 0.05) is 89.0 Å². The topological polar surface area (TPSA) is 142 Å². The molecule has 2 aliphatic carbocycles. The van der Waals surface area contributed by atoms with Crippen LogP contribution in [-0.2, 0) is 4.79 Å². The number of nitrogens with one attached hydrogen (secondary N) is 4. The first-order valence-corrected chi connectivity index (χ1v) is 21.6. The van der Waals surface area contributed by atoms with Gasteiger partial charge < -0.3 is 40.5 Å². The standard InChI is InChI=1S/C45H58F6N10O3/c1-27-23-54-42(58-40(27)60(3)4)56-33-15-11-31(12-16-33)52-25-37(29-7-19-35(20-8-29)63-44(46,47)48)39(62)38(30-9-21-36(22-10-30)64-45(49,50)51)26-53-32-13-17-34(18-14-32)57-43-55-24-28(2)41(59-43)61(5)6/h7-10,19-24,31-34,37-38,52-53H,11-18,25-26H2,1-6H3,(H,54,56,58)(H,55,57,59). The molecular formula is C45H58F6N10O3. The summed E-state index contributed by atoms with van der Waals surface area (Å²) in [4.78, 5) is 37.1. The van der Waals surface area contributed by atoms with Gasteiger partial charge in [0.2, 0.25) is 11.9 Å². The minimum atomic E-state index is -4.90. The predicted octanol–water partition coefficient (Wildman–Crippen LogP) is 8.27. The Morgan fingerprint density at radius 1 is 0.594 bits per heavy atom. The number of Topliss-reactive ketones (excluding diaryl/α,β-unsaturated/α-hetero) is 1. The van der Waals surface area contributed by atoms with Crippen molar-refractivity contribution in [1.82, 2.24) is 30.6 Å². The van der Waals surface area contributed by atoms with Gasteiger partial charge in [-0.15, -0.1) is 26.3 Å². The van der Waals surface area contributed by atoms with Crippen molar-refractivity contribution in [2.75, 3.05) is 61.7 Å². The second-order valence-electron chi connectivity index (χ2n) is 17.1. The number of carbonyl (C=O) groups is 1. The van der Waals surface area contributed by atoms with E-state index < -0.39 is 36.1 Å². The molecule has 0 bridgehead atoms. The summed E-state index contributed by atoms with van der Waals surface area (Å²) in [6.45, 7) is 4.25. The molecule has 2 fully saturated rings. The Morgan fingerprint density at radius 3 is 1.23 bits per heavy atom. The number of anilines is 4. The smallest absolute Gasteiger partial charge is 0.406 e. The van der Waals surface area contributed by atoms with E-state index >= 15 is 0 Å².